The summed E-state index contributed by atoms with van der Waals surface area (Å²) in [5, 5.41) is 3.10. The summed E-state index contributed by atoms with van der Waals surface area (Å²) in [6.07, 6.45) is 0.671. The lowest BCUT2D eigenvalue weighted by molar-refractivity contribution is -0.125. The summed E-state index contributed by atoms with van der Waals surface area (Å²) in [5.41, 5.74) is 6.64. The van der Waals surface area contributed by atoms with E-state index in [4.69, 9.17) is 22.1 Å². The van der Waals surface area contributed by atoms with E-state index in [2.05, 4.69) is 5.32 Å². The molecule has 0 spiro atoms. The fourth-order valence-electron chi connectivity index (χ4n) is 2.24. The zero-order chi connectivity index (χ0) is 15.4. The SMILES string of the molecule is COC(CN)C(=O)Nc1ccc(N2CCCC2=O)c(Cl)c1. The first-order valence-electron chi connectivity index (χ1n) is 6.70. The molecule has 2 amide bonds. The zero-order valence-corrected chi connectivity index (χ0v) is 12.5. The number of ether oxygens (including phenoxy) is 1. The Morgan fingerprint density at radius 3 is 2.86 bits per heavy atom. The van der Waals surface area contributed by atoms with Crippen LogP contribution in [0.25, 0.3) is 0 Å². The highest BCUT2D eigenvalue weighted by Crippen LogP contribution is 2.31. The topological polar surface area (TPSA) is 84.7 Å². The molecule has 1 aliphatic rings. The maximum absolute atomic E-state index is 11.9. The number of hydrogen-bond donors (Lipinski definition) is 2. The van der Waals surface area contributed by atoms with Crippen LogP contribution in [-0.4, -0.2) is 38.1 Å². The fourth-order valence-corrected chi connectivity index (χ4v) is 2.52. The van der Waals surface area contributed by atoms with Crippen LogP contribution in [0, 0.1) is 0 Å². The Balaban J connectivity index is 2.12. The minimum absolute atomic E-state index is 0.0660. The monoisotopic (exact) mass is 311 g/mol. The van der Waals surface area contributed by atoms with E-state index in [0.717, 1.165) is 6.42 Å². The summed E-state index contributed by atoms with van der Waals surface area (Å²) in [6.45, 7) is 0.764. The fraction of sp³-hybridized carbons (Fsp3) is 0.429. The summed E-state index contributed by atoms with van der Waals surface area (Å²) in [6, 6.07) is 5.04. The van der Waals surface area contributed by atoms with Gasteiger partial charge in [-0.3, -0.25) is 9.59 Å². The highest BCUT2D eigenvalue weighted by Gasteiger charge is 2.24. The molecule has 0 aliphatic carbocycles. The number of hydrogen-bond acceptors (Lipinski definition) is 4. The van der Waals surface area contributed by atoms with Gasteiger partial charge in [0.1, 0.15) is 6.10 Å². The van der Waals surface area contributed by atoms with E-state index in [-0.39, 0.29) is 18.4 Å². The van der Waals surface area contributed by atoms with Gasteiger partial charge in [-0.2, -0.15) is 0 Å². The van der Waals surface area contributed by atoms with Crippen molar-refractivity contribution in [2.24, 2.45) is 5.73 Å². The molecule has 0 aromatic heterocycles. The van der Waals surface area contributed by atoms with Crippen molar-refractivity contribution in [1.29, 1.82) is 0 Å². The summed E-state index contributed by atoms with van der Waals surface area (Å²) < 4.78 is 4.96. The van der Waals surface area contributed by atoms with Gasteiger partial charge in [0.15, 0.2) is 0 Å². The van der Waals surface area contributed by atoms with Crippen LogP contribution in [0.15, 0.2) is 18.2 Å². The smallest absolute Gasteiger partial charge is 0.254 e. The molecule has 21 heavy (non-hydrogen) atoms. The number of amides is 2. The Kier molecular flexibility index (Phi) is 5.17. The maximum atomic E-state index is 11.9. The van der Waals surface area contributed by atoms with Gasteiger partial charge in [0.2, 0.25) is 5.91 Å². The molecule has 0 saturated carbocycles. The number of nitrogens with two attached hydrogens (primary N) is 1. The van der Waals surface area contributed by atoms with E-state index in [1.165, 1.54) is 7.11 Å². The second-order valence-corrected chi connectivity index (χ2v) is 5.17. The second-order valence-electron chi connectivity index (χ2n) is 4.76. The minimum atomic E-state index is -0.705. The minimum Gasteiger partial charge on any atom is -0.370 e. The summed E-state index contributed by atoms with van der Waals surface area (Å²) in [5.74, 6) is -0.266. The van der Waals surface area contributed by atoms with E-state index in [1.54, 1.807) is 23.1 Å². The van der Waals surface area contributed by atoms with Gasteiger partial charge in [0.25, 0.3) is 5.91 Å². The van der Waals surface area contributed by atoms with Crippen molar-refractivity contribution in [2.45, 2.75) is 18.9 Å². The first kappa shape index (κ1) is 15.8. The molecule has 3 N–H and O–H groups in total. The quantitative estimate of drug-likeness (QED) is 0.860. The molecule has 7 heteroatoms. The molecular weight excluding hydrogens is 294 g/mol. The summed E-state index contributed by atoms with van der Waals surface area (Å²) in [4.78, 5) is 25.2. The molecule has 0 bridgehead atoms. The lowest BCUT2D eigenvalue weighted by Gasteiger charge is -2.18. The molecule has 1 unspecified atom stereocenters. The van der Waals surface area contributed by atoms with Crippen LogP contribution in [0.2, 0.25) is 5.02 Å². The number of rotatable bonds is 5. The number of carbonyl (C=O) groups excluding carboxylic acids is 2. The molecule has 114 valence electrons. The van der Waals surface area contributed by atoms with Gasteiger partial charge in [-0.05, 0) is 24.6 Å². The molecule has 1 fully saturated rings. The van der Waals surface area contributed by atoms with Crippen molar-refractivity contribution in [3.63, 3.8) is 0 Å². The number of methoxy groups -OCH3 is 1. The number of nitrogens with one attached hydrogen (secondary N) is 1. The Bertz CT molecular complexity index is 546. The number of carbonyl (C=O) groups is 2. The standard InChI is InChI=1S/C14H18ClN3O3/c1-21-12(8-16)14(20)17-9-4-5-11(10(15)7-9)18-6-2-3-13(18)19/h4-5,7,12H,2-3,6,8,16H2,1H3,(H,17,20). The number of nitrogens with zero attached hydrogens (tertiary/aromatic N) is 1. The van der Waals surface area contributed by atoms with Gasteiger partial charge in [0, 0.05) is 32.3 Å². The highest BCUT2D eigenvalue weighted by molar-refractivity contribution is 6.34. The van der Waals surface area contributed by atoms with Crippen molar-refractivity contribution in [2.75, 3.05) is 30.4 Å². The third-order valence-electron chi connectivity index (χ3n) is 3.37. The maximum Gasteiger partial charge on any atom is 0.254 e. The highest BCUT2D eigenvalue weighted by atomic mass is 35.5. The average Bonchev–Trinajstić information content (AvgIpc) is 2.86. The average molecular weight is 312 g/mol. The molecule has 1 aromatic carbocycles. The van der Waals surface area contributed by atoms with Gasteiger partial charge in [-0.15, -0.1) is 0 Å². The van der Waals surface area contributed by atoms with Crippen molar-refractivity contribution in [3.8, 4) is 0 Å². The molecule has 1 saturated heterocycles. The normalized spacial score (nSPS) is 16.1. The van der Waals surface area contributed by atoms with Gasteiger partial charge < -0.3 is 20.7 Å². The first-order valence-corrected chi connectivity index (χ1v) is 7.08. The molecular formula is C14H18ClN3O3. The molecule has 1 aromatic rings. The van der Waals surface area contributed by atoms with Crippen molar-refractivity contribution < 1.29 is 14.3 Å². The first-order chi connectivity index (χ1) is 10.1. The number of benzene rings is 1. The summed E-state index contributed by atoms with van der Waals surface area (Å²) in [7, 11) is 1.42. The number of anilines is 2. The molecule has 6 nitrogen and oxygen atoms in total. The van der Waals surface area contributed by atoms with Crippen LogP contribution in [-0.2, 0) is 14.3 Å². The van der Waals surface area contributed by atoms with Gasteiger partial charge in [-0.1, -0.05) is 11.6 Å². The Morgan fingerprint density at radius 2 is 2.33 bits per heavy atom. The third-order valence-corrected chi connectivity index (χ3v) is 3.67. The predicted octanol–water partition coefficient (Wildman–Crippen LogP) is 1.38. The van der Waals surface area contributed by atoms with Crippen LogP contribution in [0.4, 0.5) is 11.4 Å². The molecule has 1 aliphatic heterocycles. The number of halogens is 1. The van der Waals surface area contributed by atoms with Crippen LogP contribution in [0.1, 0.15) is 12.8 Å². The van der Waals surface area contributed by atoms with Crippen molar-refractivity contribution in [3.05, 3.63) is 23.2 Å². The van der Waals surface area contributed by atoms with Gasteiger partial charge >= 0.3 is 0 Å². The second kappa shape index (κ2) is 6.89. The largest absolute Gasteiger partial charge is 0.370 e. The Morgan fingerprint density at radius 1 is 1.57 bits per heavy atom. The van der Waals surface area contributed by atoms with Crippen LogP contribution < -0.4 is 16.0 Å². The van der Waals surface area contributed by atoms with Gasteiger partial charge in [-0.25, -0.2) is 0 Å². The van der Waals surface area contributed by atoms with E-state index >= 15 is 0 Å². The van der Waals surface area contributed by atoms with Crippen molar-refractivity contribution >= 4 is 34.8 Å². The van der Waals surface area contributed by atoms with E-state index in [9.17, 15) is 9.59 Å². The van der Waals surface area contributed by atoms with Crippen LogP contribution >= 0.6 is 11.6 Å². The molecule has 0 radical (unpaired) electrons. The third kappa shape index (κ3) is 3.53. The zero-order valence-electron chi connectivity index (χ0n) is 11.8. The van der Waals surface area contributed by atoms with Gasteiger partial charge in [0.05, 0.1) is 10.7 Å². The molecule has 2 rings (SSSR count). The van der Waals surface area contributed by atoms with E-state index in [1.807, 2.05) is 0 Å². The summed E-state index contributed by atoms with van der Waals surface area (Å²) >= 11 is 6.20. The van der Waals surface area contributed by atoms with Crippen LogP contribution in [0.3, 0.4) is 0 Å². The lowest BCUT2D eigenvalue weighted by Crippen LogP contribution is -2.35. The van der Waals surface area contributed by atoms with Crippen LogP contribution in [0.5, 0.6) is 0 Å². The lowest BCUT2D eigenvalue weighted by atomic mass is 10.2. The molecule has 1 heterocycles. The Labute approximate surface area is 128 Å². The van der Waals surface area contributed by atoms with E-state index in [0.29, 0.717) is 29.4 Å². The molecule has 1 atom stereocenters. The van der Waals surface area contributed by atoms with Crippen molar-refractivity contribution in [1.82, 2.24) is 0 Å². The predicted molar refractivity (Wildman–Crippen MR) is 81.5 cm³/mol. The Hall–Kier alpha value is -1.63. The van der Waals surface area contributed by atoms with E-state index < -0.39 is 6.10 Å².